The molecular weight excluding hydrogens is 819 g/mol. The van der Waals surface area contributed by atoms with Gasteiger partial charge in [0.2, 0.25) is 0 Å². The summed E-state index contributed by atoms with van der Waals surface area (Å²) < 4.78 is 0. The third kappa shape index (κ3) is 8.10. The van der Waals surface area contributed by atoms with Crippen molar-refractivity contribution >= 4 is 27.8 Å². The Balaban J connectivity index is 1.12. The lowest BCUT2D eigenvalue weighted by atomic mass is 9.82. The van der Waals surface area contributed by atoms with Gasteiger partial charge in [0.1, 0.15) is 0 Å². The molecule has 0 bridgehead atoms. The van der Waals surface area contributed by atoms with Crippen molar-refractivity contribution < 1.29 is 0 Å². The van der Waals surface area contributed by atoms with Crippen LogP contribution < -0.4 is 4.90 Å². The fourth-order valence-electron chi connectivity index (χ4n) is 10.2. The molecule has 0 heterocycles. The minimum absolute atomic E-state index is 0.133. The molecule has 0 aliphatic heterocycles. The summed E-state index contributed by atoms with van der Waals surface area (Å²) in [7, 11) is 0. The first-order valence-electron chi connectivity index (χ1n) is 23.7. The molecular formula is C67H51N. The number of hydrogen-bond acceptors (Lipinski definition) is 1. The van der Waals surface area contributed by atoms with Crippen molar-refractivity contribution in [1.29, 1.82) is 0 Å². The molecule has 0 N–H and O–H groups in total. The number of fused-ring (bicyclic) bond motifs is 1. The van der Waals surface area contributed by atoms with E-state index in [0.717, 1.165) is 39.3 Å². The number of benzene rings is 11. The Morgan fingerprint density at radius 3 is 1.46 bits per heavy atom. The monoisotopic (exact) mass is 869 g/mol. The lowest BCUT2D eigenvalue weighted by molar-refractivity contribution is 0.927. The average molecular weight is 870 g/mol. The summed E-state index contributed by atoms with van der Waals surface area (Å²) in [4.78, 5) is 2.49. The molecule has 0 saturated carbocycles. The minimum Gasteiger partial charge on any atom is -0.309 e. The van der Waals surface area contributed by atoms with Crippen LogP contribution in [0.2, 0.25) is 0 Å². The second kappa shape index (κ2) is 18.8. The maximum atomic E-state index is 2.49. The molecule has 11 aromatic carbocycles. The smallest absolute Gasteiger partial charge is 0.0540 e. The number of para-hydroxylation sites is 1. The van der Waals surface area contributed by atoms with Crippen LogP contribution in [-0.4, -0.2) is 0 Å². The Labute approximate surface area is 400 Å². The van der Waals surface area contributed by atoms with Crippen molar-refractivity contribution in [2.45, 2.75) is 19.8 Å². The lowest BCUT2D eigenvalue weighted by Crippen LogP contribution is -2.13. The van der Waals surface area contributed by atoms with Crippen LogP contribution in [0.3, 0.4) is 0 Å². The molecule has 1 unspecified atom stereocenters. The van der Waals surface area contributed by atoms with Gasteiger partial charge < -0.3 is 4.90 Å². The van der Waals surface area contributed by atoms with Crippen molar-refractivity contribution in [3.05, 3.63) is 284 Å². The third-order valence-corrected chi connectivity index (χ3v) is 13.6. The van der Waals surface area contributed by atoms with Gasteiger partial charge in [0.15, 0.2) is 0 Å². The Morgan fingerprint density at radius 1 is 0.279 bits per heavy atom. The van der Waals surface area contributed by atoms with Crippen LogP contribution in [0.1, 0.15) is 29.5 Å². The Kier molecular flexibility index (Phi) is 11.6. The van der Waals surface area contributed by atoms with Gasteiger partial charge in [-0.2, -0.15) is 0 Å². The molecule has 0 aliphatic carbocycles. The van der Waals surface area contributed by atoms with E-state index in [-0.39, 0.29) is 5.92 Å². The standard InChI is InChI=1S/C67H51N/c1-47-23-12-13-32-55(47)60-36-17-15-34-57(60)48(2)56-33-14-16-35-58(56)53-41-44-67(65(46-53)51-28-10-5-11-29-51)68(54-31-22-30-52(45-54)49-24-6-3-7-25-49)66-40-21-20-39-64(66)63-43-42-59(50-26-8-4-9-27-50)61-37-18-19-38-62(61)63/h3-46,48H,1-2H3. The van der Waals surface area contributed by atoms with Gasteiger partial charge in [-0.05, 0) is 120 Å². The molecule has 68 heavy (non-hydrogen) atoms. The predicted molar refractivity (Wildman–Crippen MR) is 290 cm³/mol. The summed E-state index contributed by atoms with van der Waals surface area (Å²) in [6, 6.07) is 97.5. The quantitative estimate of drug-likeness (QED) is 0.125. The van der Waals surface area contributed by atoms with E-state index >= 15 is 0 Å². The van der Waals surface area contributed by atoms with Gasteiger partial charge >= 0.3 is 0 Å². The van der Waals surface area contributed by atoms with Gasteiger partial charge in [0.05, 0.1) is 11.4 Å². The fourth-order valence-corrected chi connectivity index (χ4v) is 10.2. The van der Waals surface area contributed by atoms with E-state index in [1.165, 1.54) is 72.0 Å². The molecule has 11 rings (SSSR count). The second-order valence-electron chi connectivity index (χ2n) is 17.7. The van der Waals surface area contributed by atoms with E-state index in [0.29, 0.717) is 0 Å². The Bertz CT molecular complexity index is 3530. The first kappa shape index (κ1) is 42.1. The Morgan fingerprint density at radius 2 is 0.765 bits per heavy atom. The van der Waals surface area contributed by atoms with Gasteiger partial charge in [-0.15, -0.1) is 0 Å². The van der Waals surface area contributed by atoms with E-state index in [1.807, 2.05) is 0 Å². The summed E-state index contributed by atoms with van der Waals surface area (Å²) >= 11 is 0. The van der Waals surface area contributed by atoms with Crippen LogP contribution in [0, 0.1) is 6.92 Å². The summed E-state index contributed by atoms with van der Waals surface area (Å²) in [6.45, 7) is 4.57. The average Bonchev–Trinajstić information content (AvgIpc) is 3.42. The first-order chi connectivity index (χ1) is 33.6. The van der Waals surface area contributed by atoms with E-state index < -0.39 is 0 Å². The largest absolute Gasteiger partial charge is 0.309 e. The van der Waals surface area contributed by atoms with Crippen LogP contribution in [-0.2, 0) is 0 Å². The zero-order chi connectivity index (χ0) is 45.8. The topological polar surface area (TPSA) is 3.24 Å². The summed E-state index contributed by atoms with van der Waals surface area (Å²) in [6.07, 6.45) is 0. The molecule has 324 valence electrons. The van der Waals surface area contributed by atoms with Gasteiger partial charge in [-0.1, -0.05) is 244 Å². The molecule has 0 saturated heterocycles. The molecule has 11 aromatic rings. The highest BCUT2D eigenvalue weighted by Gasteiger charge is 2.24. The van der Waals surface area contributed by atoms with Crippen molar-refractivity contribution in [1.82, 2.24) is 0 Å². The maximum absolute atomic E-state index is 2.49. The van der Waals surface area contributed by atoms with Crippen molar-refractivity contribution in [3.63, 3.8) is 0 Å². The number of aryl methyl sites for hydroxylation is 1. The van der Waals surface area contributed by atoms with Crippen molar-refractivity contribution in [3.8, 4) is 66.8 Å². The van der Waals surface area contributed by atoms with Crippen LogP contribution in [0.4, 0.5) is 17.1 Å². The molecule has 0 aliphatic rings. The minimum atomic E-state index is 0.133. The maximum Gasteiger partial charge on any atom is 0.0540 e. The third-order valence-electron chi connectivity index (χ3n) is 13.6. The number of rotatable bonds is 11. The predicted octanol–water partition coefficient (Wildman–Crippen LogP) is 18.8. The van der Waals surface area contributed by atoms with Crippen molar-refractivity contribution in [2.24, 2.45) is 0 Å². The van der Waals surface area contributed by atoms with Crippen LogP contribution in [0.15, 0.2) is 267 Å². The number of anilines is 3. The van der Waals surface area contributed by atoms with Crippen LogP contribution >= 0.6 is 0 Å². The second-order valence-corrected chi connectivity index (χ2v) is 17.7. The Hall–Kier alpha value is -8.52. The first-order valence-corrected chi connectivity index (χ1v) is 23.7. The lowest BCUT2D eigenvalue weighted by Gasteiger charge is -2.31. The van der Waals surface area contributed by atoms with E-state index in [1.54, 1.807) is 0 Å². The van der Waals surface area contributed by atoms with Gasteiger partial charge in [0.25, 0.3) is 0 Å². The zero-order valence-corrected chi connectivity index (χ0v) is 38.4. The summed E-state index contributed by atoms with van der Waals surface area (Å²) in [5.41, 5.74) is 21.6. The van der Waals surface area contributed by atoms with Gasteiger partial charge in [0, 0.05) is 22.7 Å². The number of hydrogen-bond donors (Lipinski definition) is 0. The molecule has 0 radical (unpaired) electrons. The highest BCUT2D eigenvalue weighted by molar-refractivity contribution is 6.08. The van der Waals surface area contributed by atoms with E-state index in [9.17, 15) is 0 Å². The molecule has 0 aromatic heterocycles. The van der Waals surface area contributed by atoms with Gasteiger partial charge in [-0.3, -0.25) is 0 Å². The highest BCUT2D eigenvalue weighted by atomic mass is 15.1. The van der Waals surface area contributed by atoms with E-state index in [4.69, 9.17) is 0 Å². The SMILES string of the molecule is Cc1ccccc1-c1ccccc1C(C)c1ccccc1-c1ccc(N(c2cccc(-c3ccccc3)c2)c2ccccc2-c2ccc(-c3ccccc3)c3ccccc23)c(-c2ccccc2)c1. The fraction of sp³-hybridized carbons (Fsp3) is 0.0448. The summed E-state index contributed by atoms with van der Waals surface area (Å²) in [5.74, 6) is 0.133. The molecule has 1 heteroatoms. The normalized spacial score (nSPS) is 11.6. The molecule has 0 amide bonds. The van der Waals surface area contributed by atoms with Gasteiger partial charge in [-0.25, -0.2) is 0 Å². The molecule has 0 fully saturated rings. The summed E-state index contributed by atoms with van der Waals surface area (Å²) in [5, 5.41) is 2.44. The molecule has 1 nitrogen and oxygen atoms in total. The van der Waals surface area contributed by atoms with Crippen molar-refractivity contribution in [2.75, 3.05) is 4.90 Å². The molecule has 1 atom stereocenters. The zero-order valence-electron chi connectivity index (χ0n) is 38.4. The van der Waals surface area contributed by atoms with Crippen LogP contribution in [0.5, 0.6) is 0 Å². The van der Waals surface area contributed by atoms with E-state index in [2.05, 4.69) is 286 Å². The van der Waals surface area contributed by atoms with Crippen LogP contribution in [0.25, 0.3) is 77.5 Å². The highest BCUT2D eigenvalue weighted by Crippen LogP contribution is 2.49. The molecule has 0 spiro atoms. The number of nitrogens with zero attached hydrogens (tertiary/aromatic N) is 1.